The van der Waals surface area contributed by atoms with Crippen LogP contribution in [-0.4, -0.2) is 61.4 Å². The first-order valence-corrected chi connectivity index (χ1v) is 11.6. The first-order valence-electron chi connectivity index (χ1n) is 11.6. The highest BCUT2D eigenvalue weighted by Crippen LogP contribution is 2.25. The van der Waals surface area contributed by atoms with Crippen LogP contribution < -0.4 is 9.64 Å². The average molecular weight is 436 g/mol. The lowest BCUT2D eigenvalue weighted by atomic mass is 9.97. The minimum Gasteiger partial charge on any atom is -0.497 e. The molecule has 0 spiro atoms. The second-order valence-corrected chi connectivity index (χ2v) is 8.71. The first kappa shape index (κ1) is 22.2. The Balaban J connectivity index is 1.32. The van der Waals surface area contributed by atoms with E-state index in [1.54, 1.807) is 7.11 Å². The van der Waals surface area contributed by atoms with Crippen molar-refractivity contribution in [3.05, 3.63) is 60.2 Å². The van der Waals surface area contributed by atoms with E-state index in [0.717, 1.165) is 55.9 Å². The van der Waals surface area contributed by atoms with Gasteiger partial charge >= 0.3 is 0 Å². The number of carbonyl (C=O) groups is 2. The van der Waals surface area contributed by atoms with Gasteiger partial charge in [-0.2, -0.15) is 0 Å². The van der Waals surface area contributed by atoms with E-state index in [1.165, 1.54) is 0 Å². The number of hydrogen-bond acceptors (Lipinski definition) is 4. The van der Waals surface area contributed by atoms with Crippen LogP contribution in [0.3, 0.4) is 0 Å². The van der Waals surface area contributed by atoms with Gasteiger partial charge in [0.1, 0.15) is 5.75 Å². The van der Waals surface area contributed by atoms with Crippen molar-refractivity contribution in [2.24, 2.45) is 5.92 Å². The maximum Gasteiger partial charge on any atom is 0.226 e. The molecule has 0 bridgehead atoms. The lowest BCUT2D eigenvalue weighted by Gasteiger charge is -2.36. The van der Waals surface area contributed by atoms with Gasteiger partial charge in [-0.25, -0.2) is 0 Å². The van der Waals surface area contributed by atoms with Gasteiger partial charge in [-0.3, -0.25) is 9.59 Å². The van der Waals surface area contributed by atoms with E-state index in [2.05, 4.69) is 23.1 Å². The van der Waals surface area contributed by atoms with E-state index in [-0.39, 0.29) is 17.7 Å². The van der Waals surface area contributed by atoms with E-state index >= 15 is 0 Å². The molecule has 2 saturated heterocycles. The minimum atomic E-state index is -0.204. The molecule has 170 valence electrons. The maximum absolute atomic E-state index is 13.2. The minimum absolute atomic E-state index is 0.107. The Kier molecular flexibility index (Phi) is 7.30. The van der Waals surface area contributed by atoms with Crippen LogP contribution in [0.15, 0.2) is 54.6 Å². The van der Waals surface area contributed by atoms with Gasteiger partial charge in [-0.1, -0.05) is 42.8 Å². The fourth-order valence-corrected chi connectivity index (χ4v) is 4.70. The molecule has 32 heavy (non-hydrogen) atoms. The quantitative estimate of drug-likeness (QED) is 0.696. The Morgan fingerprint density at radius 2 is 1.75 bits per heavy atom. The summed E-state index contributed by atoms with van der Waals surface area (Å²) in [5.74, 6) is 0.878. The maximum atomic E-state index is 13.2. The smallest absolute Gasteiger partial charge is 0.226 e. The van der Waals surface area contributed by atoms with Gasteiger partial charge in [0.15, 0.2) is 0 Å². The zero-order chi connectivity index (χ0) is 22.3. The summed E-state index contributed by atoms with van der Waals surface area (Å²) in [5, 5.41) is 0. The lowest BCUT2D eigenvalue weighted by Crippen LogP contribution is -2.49. The monoisotopic (exact) mass is 435 g/mol. The molecule has 0 N–H and O–H groups in total. The van der Waals surface area contributed by atoms with Crippen LogP contribution in [0.4, 0.5) is 5.69 Å². The van der Waals surface area contributed by atoms with Crippen LogP contribution in [0.2, 0.25) is 0 Å². The van der Waals surface area contributed by atoms with E-state index in [4.69, 9.17) is 4.74 Å². The summed E-state index contributed by atoms with van der Waals surface area (Å²) in [4.78, 5) is 32.4. The van der Waals surface area contributed by atoms with Crippen molar-refractivity contribution in [1.29, 1.82) is 0 Å². The van der Waals surface area contributed by atoms with E-state index in [9.17, 15) is 9.59 Å². The van der Waals surface area contributed by atoms with E-state index in [0.29, 0.717) is 26.1 Å². The predicted molar refractivity (Wildman–Crippen MR) is 126 cm³/mol. The molecule has 4 rings (SSSR count). The second kappa shape index (κ2) is 10.5. The van der Waals surface area contributed by atoms with Crippen molar-refractivity contribution in [2.45, 2.75) is 32.2 Å². The van der Waals surface area contributed by atoms with Gasteiger partial charge in [-0.15, -0.1) is 0 Å². The molecule has 0 saturated carbocycles. The molecule has 2 aromatic rings. The van der Waals surface area contributed by atoms with Crippen LogP contribution in [0, 0.1) is 5.92 Å². The van der Waals surface area contributed by atoms with Crippen LogP contribution >= 0.6 is 0 Å². The third kappa shape index (κ3) is 5.42. The number of carbonyl (C=O) groups excluding carboxylic acids is 2. The van der Waals surface area contributed by atoms with Crippen molar-refractivity contribution in [3.63, 3.8) is 0 Å². The van der Waals surface area contributed by atoms with E-state index < -0.39 is 0 Å². The Bertz CT molecular complexity index is 910. The number of piperazine rings is 1. The molecule has 0 aromatic heterocycles. The Labute approximate surface area is 190 Å². The first-order chi connectivity index (χ1) is 15.6. The Morgan fingerprint density at radius 1 is 0.969 bits per heavy atom. The molecule has 2 aliphatic heterocycles. The highest BCUT2D eigenvalue weighted by Gasteiger charge is 2.31. The number of hydrogen-bond donors (Lipinski definition) is 0. The van der Waals surface area contributed by atoms with Gasteiger partial charge in [0.25, 0.3) is 0 Å². The molecule has 2 aromatic carbocycles. The van der Waals surface area contributed by atoms with Gasteiger partial charge in [0, 0.05) is 63.4 Å². The molecule has 1 unspecified atom stereocenters. The van der Waals surface area contributed by atoms with Gasteiger partial charge in [-0.05, 0) is 30.5 Å². The van der Waals surface area contributed by atoms with Gasteiger partial charge in [0.2, 0.25) is 11.8 Å². The van der Waals surface area contributed by atoms with Crippen molar-refractivity contribution < 1.29 is 14.3 Å². The van der Waals surface area contributed by atoms with Crippen molar-refractivity contribution in [1.82, 2.24) is 9.80 Å². The molecule has 0 aliphatic carbocycles. The molecule has 6 nitrogen and oxygen atoms in total. The highest BCUT2D eigenvalue weighted by molar-refractivity contribution is 5.86. The summed E-state index contributed by atoms with van der Waals surface area (Å²) in [6, 6.07) is 18.1. The predicted octanol–water partition coefficient (Wildman–Crippen LogP) is 3.56. The second-order valence-electron chi connectivity index (χ2n) is 8.71. The molecular formula is C26H33N3O3. The molecule has 2 aliphatic rings. The van der Waals surface area contributed by atoms with E-state index in [1.807, 2.05) is 46.2 Å². The van der Waals surface area contributed by atoms with Crippen molar-refractivity contribution in [2.75, 3.05) is 44.7 Å². The Hall–Kier alpha value is -3.02. The normalized spacial score (nSPS) is 19.6. The number of amides is 2. The summed E-state index contributed by atoms with van der Waals surface area (Å²) < 4.78 is 5.33. The number of anilines is 1. The number of likely N-dealkylation sites (tertiary alicyclic amines) is 1. The van der Waals surface area contributed by atoms with Crippen molar-refractivity contribution >= 4 is 17.5 Å². The summed E-state index contributed by atoms with van der Waals surface area (Å²) in [6.07, 6.45) is 3.13. The summed E-state index contributed by atoms with van der Waals surface area (Å²) >= 11 is 0. The average Bonchev–Trinajstić information content (AvgIpc) is 3.01. The Morgan fingerprint density at radius 3 is 2.50 bits per heavy atom. The van der Waals surface area contributed by atoms with Gasteiger partial charge in [0.05, 0.1) is 7.11 Å². The molecule has 6 heteroatoms. The zero-order valence-corrected chi connectivity index (χ0v) is 18.9. The lowest BCUT2D eigenvalue weighted by molar-refractivity contribution is -0.141. The largest absolute Gasteiger partial charge is 0.497 e. The standard InChI is InChI=1S/C26H33N3O3/c1-32-24-12-7-11-23(19-24)27-14-16-28(17-15-27)25(30)18-22-10-5-6-13-29(26(22)31)20-21-8-3-2-4-9-21/h2-4,7-9,11-12,19,22H,5-6,10,13-18,20H2,1H3. The van der Waals surface area contributed by atoms with Crippen LogP contribution in [0.25, 0.3) is 0 Å². The van der Waals surface area contributed by atoms with Gasteiger partial charge < -0.3 is 19.4 Å². The number of benzene rings is 2. The molecule has 2 amide bonds. The third-order valence-corrected chi connectivity index (χ3v) is 6.58. The fourth-order valence-electron chi connectivity index (χ4n) is 4.70. The summed E-state index contributed by atoms with van der Waals surface area (Å²) in [6.45, 7) is 4.35. The number of nitrogens with zero attached hydrogens (tertiary/aromatic N) is 3. The molecule has 1 atom stereocenters. The molecule has 2 heterocycles. The fraction of sp³-hybridized carbons (Fsp3) is 0.462. The number of methoxy groups -OCH3 is 1. The molecular weight excluding hydrogens is 402 g/mol. The van der Waals surface area contributed by atoms with Crippen LogP contribution in [0.5, 0.6) is 5.75 Å². The molecule has 2 fully saturated rings. The van der Waals surface area contributed by atoms with Crippen molar-refractivity contribution in [3.8, 4) is 5.75 Å². The van der Waals surface area contributed by atoms with Crippen LogP contribution in [-0.2, 0) is 16.1 Å². The topological polar surface area (TPSA) is 53.1 Å². The highest BCUT2D eigenvalue weighted by atomic mass is 16.5. The zero-order valence-electron chi connectivity index (χ0n) is 18.9. The summed E-state index contributed by atoms with van der Waals surface area (Å²) in [5.41, 5.74) is 2.26. The molecule has 0 radical (unpaired) electrons. The number of rotatable bonds is 6. The third-order valence-electron chi connectivity index (χ3n) is 6.58. The SMILES string of the molecule is COc1cccc(N2CCN(C(=O)CC3CCCCN(Cc4ccccc4)C3=O)CC2)c1. The number of ether oxygens (including phenoxy) is 1. The summed E-state index contributed by atoms with van der Waals surface area (Å²) in [7, 11) is 1.67. The van der Waals surface area contributed by atoms with Crippen LogP contribution in [0.1, 0.15) is 31.2 Å².